The molecule has 1 N–H and O–H groups in total. The van der Waals surface area contributed by atoms with Gasteiger partial charge in [0, 0.05) is 16.6 Å². The number of nitrogens with one attached hydrogen (secondary N) is 1. The second-order valence-corrected chi connectivity index (χ2v) is 6.00. The highest BCUT2D eigenvalue weighted by molar-refractivity contribution is 7.10. The zero-order chi connectivity index (χ0) is 14.5. The van der Waals surface area contributed by atoms with Crippen LogP contribution in [0.15, 0.2) is 41.8 Å². The molecule has 0 saturated heterocycles. The lowest BCUT2D eigenvalue weighted by Crippen LogP contribution is -2.31. The predicted molar refractivity (Wildman–Crippen MR) is 85.2 cm³/mol. The Labute approximate surface area is 124 Å². The second-order valence-electron chi connectivity index (χ2n) is 5.02. The van der Waals surface area contributed by atoms with Gasteiger partial charge in [0.25, 0.3) is 0 Å². The van der Waals surface area contributed by atoms with Crippen molar-refractivity contribution in [1.82, 2.24) is 4.90 Å². The summed E-state index contributed by atoms with van der Waals surface area (Å²) >= 11 is 1.72. The van der Waals surface area contributed by atoms with Gasteiger partial charge in [-0.2, -0.15) is 0 Å². The van der Waals surface area contributed by atoms with Crippen LogP contribution in [-0.4, -0.2) is 24.4 Å². The monoisotopic (exact) mass is 288 g/mol. The molecule has 1 heterocycles. The molecule has 1 amide bonds. The summed E-state index contributed by atoms with van der Waals surface area (Å²) in [4.78, 5) is 15.4. The third-order valence-corrected chi connectivity index (χ3v) is 4.39. The summed E-state index contributed by atoms with van der Waals surface area (Å²) < 4.78 is 0. The van der Waals surface area contributed by atoms with Crippen LogP contribution in [0.4, 0.5) is 5.69 Å². The summed E-state index contributed by atoms with van der Waals surface area (Å²) in [5.41, 5.74) is 2.03. The number of carbonyl (C=O) groups excluding carboxylic acids is 1. The Bertz CT molecular complexity index is 548. The van der Waals surface area contributed by atoms with Gasteiger partial charge in [-0.05, 0) is 44.5 Å². The zero-order valence-corrected chi connectivity index (χ0v) is 12.9. The minimum Gasteiger partial charge on any atom is -0.325 e. The molecule has 0 fully saturated rings. The fourth-order valence-electron chi connectivity index (χ4n) is 1.95. The third-order valence-electron chi connectivity index (χ3n) is 3.34. The van der Waals surface area contributed by atoms with Crippen molar-refractivity contribution in [1.29, 1.82) is 0 Å². The molecule has 0 aliphatic rings. The number of anilines is 1. The number of carbonyl (C=O) groups is 1. The molecule has 2 aromatic rings. The van der Waals surface area contributed by atoms with Gasteiger partial charge in [-0.3, -0.25) is 9.69 Å². The Morgan fingerprint density at radius 2 is 2.00 bits per heavy atom. The van der Waals surface area contributed by atoms with E-state index >= 15 is 0 Å². The molecule has 1 unspecified atom stereocenters. The highest BCUT2D eigenvalue weighted by Gasteiger charge is 2.15. The molecule has 0 saturated carbocycles. The van der Waals surface area contributed by atoms with Crippen LogP contribution in [0, 0.1) is 6.92 Å². The van der Waals surface area contributed by atoms with E-state index in [9.17, 15) is 4.79 Å². The van der Waals surface area contributed by atoms with E-state index in [2.05, 4.69) is 28.6 Å². The van der Waals surface area contributed by atoms with Gasteiger partial charge in [0.1, 0.15) is 0 Å². The van der Waals surface area contributed by atoms with Gasteiger partial charge in [0.2, 0.25) is 5.91 Å². The molecule has 2 rings (SSSR count). The Kier molecular flexibility index (Phi) is 4.93. The summed E-state index contributed by atoms with van der Waals surface area (Å²) in [6.07, 6.45) is 0. The smallest absolute Gasteiger partial charge is 0.238 e. The van der Waals surface area contributed by atoms with Crippen molar-refractivity contribution in [2.75, 3.05) is 18.9 Å². The van der Waals surface area contributed by atoms with Gasteiger partial charge in [-0.1, -0.05) is 23.8 Å². The first-order chi connectivity index (χ1) is 9.56. The van der Waals surface area contributed by atoms with E-state index in [1.54, 1.807) is 11.3 Å². The number of hydrogen-bond acceptors (Lipinski definition) is 3. The van der Waals surface area contributed by atoms with E-state index in [0.29, 0.717) is 6.54 Å². The Balaban J connectivity index is 1.89. The van der Waals surface area contributed by atoms with Crippen LogP contribution in [0.25, 0.3) is 0 Å². The molecule has 0 radical (unpaired) electrons. The minimum absolute atomic E-state index is 0.0137. The van der Waals surface area contributed by atoms with Crippen LogP contribution in [0.2, 0.25) is 0 Å². The Hall–Kier alpha value is -1.65. The van der Waals surface area contributed by atoms with E-state index in [-0.39, 0.29) is 11.9 Å². The maximum absolute atomic E-state index is 12.0. The Morgan fingerprint density at radius 3 is 2.60 bits per heavy atom. The maximum Gasteiger partial charge on any atom is 0.238 e. The van der Waals surface area contributed by atoms with Crippen molar-refractivity contribution < 1.29 is 4.79 Å². The van der Waals surface area contributed by atoms with Crippen LogP contribution >= 0.6 is 11.3 Å². The first kappa shape index (κ1) is 14.8. The Morgan fingerprint density at radius 1 is 1.30 bits per heavy atom. The van der Waals surface area contributed by atoms with Crippen LogP contribution in [0.1, 0.15) is 23.4 Å². The molecule has 106 valence electrons. The van der Waals surface area contributed by atoms with Crippen molar-refractivity contribution in [3.05, 3.63) is 52.2 Å². The van der Waals surface area contributed by atoms with E-state index in [4.69, 9.17) is 0 Å². The van der Waals surface area contributed by atoms with Crippen LogP contribution in [0.3, 0.4) is 0 Å². The highest BCUT2D eigenvalue weighted by atomic mass is 32.1. The van der Waals surface area contributed by atoms with Gasteiger partial charge in [-0.15, -0.1) is 11.3 Å². The van der Waals surface area contributed by atoms with Crippen molar-refractivity contribution in [3.63, 3.8) is 0 Å². The van der Waals surface area contributed by atoms with E-state index < -0.39 is 0 Å². The molecule has 4 heteroatoms. The first-order valence-corrected chi connectivity index (χ1v) is 7.54. The van der Waals surface area contributed by atoms with Gasteiger partial charge in [0.15, 0.2) is 0 Å². The number of amides is 1. The fourth-order valence-corrected chi connectivity index (χ4v) is 2.80. The lowest BCUT2D eigenvalue weighted by molar-refractivity contribution is -0.117. The van der Waals surface area contributed by atoms with Gasteiger partial charge < -0.3 is 5.32 Å². The van der Waals surface area contributed by atoms with Crippen LogP contribution < -0.4 is 5.32 Å². The summed E-state index contributed by atoms with van der Waals surface area (Å²) in [6.45, 7) is 4.53. The molecule has 1 aromatic carbocycles. The van der Waals surface area contributed by atoms with Crippen molar-refractivity contribution >= 4 is 22.9 Å². The molecular formula is C16H20N2OS. The summed E-state index contributed by atoms with van der Waals surface area (Å²) in [6, 6.07) is 12.2. The standard InChI is InChI=1S/C16H20N2OS/c1-12-6-8-14(9-7-12)17-16(19)11-18(3)13(2)15-5-4-10-20-15/h4-10,13H,11H2,1-3H3,(H,17,19). The zero-order valence-electron chi connectivity index (χ0n) is 12.1. The lowest BCUT2D eigenvalue weighted by atomic mass is 10.2. The molecule has 0 bridgehead atoms. The summed E-state index contributed by atoms with van der Waals surface area (Å²) in [7, 11) is 1.97. The molecule has 0 aliphatic heterocycles. The van der Waals surface area contributed by atoms with Crippen LogP contribution in [-0.2, 0) is 4.79 Å². The van der Waals surface area contributed by atoms with Gasteiger partial charge in [0.05, 0.1) is 6.54 Å². The summed E-state index contributed by atoms with van der Waals surface area (Å²) in [5, 5.41) is 4.98. The summed E-state index contributed by atoms with van der Waals surface area (Å²) in [5.74, 6) is 0.0137. The quantitative estimate of drug-likeness (QED) is 0.910. The second kappa shape index (κ2) is 6.68. The number of hydrogen-bond donors (Lipinski definition) is 1. The number of benzene rings is 1. The normalized spacial score (nSPS) is 12.4. The molecule has 20 heavy (non-hydrogen) atoms. The number of thiophene rings is 1. The highest BCUT2D eigenvalue weighted by Crippen LogP contribution is 2.23. The number of aryl methyl sites for hydroxylation is 1. The first-order valence-electron chi connectivity index (χ1n) is 6.66. The van der Waals surface area contributed by atoms with E-state index in [1.165, 1.54) is 10.4 Å². The SMILES string of the molecule is Cc1ccc(NC(=O)CN(C)C(C)c2cccs2)cc1. The number of nitrogens with zero attached hydrogens (tertiary/aromatic N) is 1. The van der Waals surface area contributed by atoms with Crippen LogP contribution in [0.5, 0.6) is 0 Å². The molecule has 0 spiro atoms. The predicted octanol–water partition coefficient (Wildman–Crippen LogP) is 3.69. The fraction of sp³-hybridized carbons (Fsp3) is 0.312. The van der Waals surface area contributed by atoms with Crippen molar-refractivity contribution in [3.8, 4) is 0 Å². The molecular weight excluding hydrogens is 268 g/mol. The molecule has 1 aromatic heterocycles. The van der Waals surface area contributed by atoms with Gasteiger partial charge >= 0.3 is 0 Å². The average molecular weight is 288 g/mol. The van der Waals surface area contributed by atoms with Crippen molar-refractivity contribution in [2.24, 2.45) is 0 Å². The van der Waals surface area contributed by atoms with E-state index in [0.717, 1.165) is 5.69 Å². The van der Waals surface area contributed by atoms with Gasteiger partial charge in [-0.25, -0.2) is 0 Å². The maximum atomic E-state index is 12.0. The van der Waals surface area contributed by atoms with E-state index in [1.807, 2.05) is 44.3 Å². The molecule has 1 atom stereocenters. The third kappa shape index (κ3) is 3.92. The molecule has 0 aliphatic carbocycles. The largest absolute Gasteiger partial charge is 0.325 e. The lowest BCUT2D eigenvalue weighted by Gasteiger charge is -2.23. The number of rotatable bonds is 5. The number of likely N-dealkylation sites (N-methyl/N-ethyl adjacent to an activating group) is 1. The minimum atomic E-state index is 0.0137. The topological polar surface area (TPSA) is 32.3 Å². The van der Waals surface area contributed by atoms with Crippen molar-refractivity contribution in [2.45, 2.75) is 19.9 Å². The average Bonchev–Trinajstić information content (AvgIpc) is 2.94. The molecule has 3 nitrogen and oxygen atoms in total.